The molecule has 8 nitrogen and oxygen atoms in total. The van der Waals surface area contributed by atoms with Crippen LogP contribution in [0.25, 0.3) is 0 Å². The molecule has 0 unspecified atom stereocenters. The van der Waals surface area contributed by atoms with E-state index in [4.69, 9.17) is 5.73 Å². The van der Waals surface area contributed by atoms with Gasteiger partial charge in [0.1, 0.15) is 11.6 Å². The van der Waals surface area contributed by atoms with E-state index >= 15 is 0 Å². The lowest BCUT2D eigenvalue weighted by Gasteiger charge is -2.30. The number of hydrogen-bond acceptors (Lipinski definition) is 8. The van der Waals surface area contributed by atoms with Gasteiger partial charge in [0.2, 0.25) is 5.91 Å². The molecule has 1 aliphatic heterocycles. The van der Waals surface area contributed by atoms with Crippen LogP contribution in [0, 0.1) is 11.6 Å². The number of nitrogens with two attached hydrogens (primary N) is 1. The van der Waals surface area contributed by atoms with E-state index in [0.717, 1.165) is 35.7 Å². The lowest BCUT2D eigenvalue weighted by molar-refractivity contribution is -0.122. The van der Waals surface area contributed by atoms with Crippen molar-refractivity contribution in [1.82, 2.24) is 15.6 Å². The third-order valence-corrected chi connectivity index (χ3v) is 8.78. The zero-order chi connectivity index (χ0) is 27.4. The lowest BCUT2D eigenvalue weighted by Crippen LogP contribution is -2.50. The normalized spacial score (nSPS) is 17.9. The molecule has 0 radical (unpaired) electrons. The number of thiazole rings is 1. The Balaban J connectivity index is 1.51. The number of aromatic nitrogens is 1. The summed E-state index contributed by atoms with van der Waals surface area (Å²) in [6.07, 6.45) is -0.552. The molecule has 1 amide bonds. The molecule has 0 aliphatic carbocycles. The standard InChI is InChI=1S/C26H30F2N4O4S2/c1-2-15-3-4-17-13-38(35,36)14-23(21(17)7-15)30-11-24(33)22(8-16-5-18(27)9-19(28)6-16)32-25(34)10-20-12-37-26(29)31-20/h3-7,9,12,22-24,30,33H,2,8,10-11,13-14H2,1H3,(H2,29,31)(H,32,34)/t22-,23-,24+/m0/s1. The zero-order valence-electron chi connectivity index (χ0n) is 20.8. The number of amides is 1. The highest BCUT2D eigenvalue weighted by Crippen LogP contribution is 2.29. The first kappa shape index (κ1) is 28.1. The number of carbonyl (C=O) groups is 1. The van der Waals surface area contributed by atoms with E-state index in [1.165, 1.54) is 11.3 Å². The predicted molar refractivity (Wildman–Crippen MR) is 142 cm³/mol. The molecule has 0 fully saturated rings. The molecule has 0 bridgehead atoms. The van der Waals surface area contributed by atoms with Crippen LogP contribution in [0.2, 0.25) is 0 Å². The second-order valence-corrected chi connectivity index (χ2v) is 12.5. The van der Waals surface area contributed by atoms with Gasteiger partial charge in [-0.05, 0) is 47.2 Å². The largest absolute Gasteiger partial charge is 0.390 e. The summed E-state index contributed by atoms with van der Waals surface area (Å²) in [6, 6.07) is 7.25. The van der Waals surface area contributed by atoms with Crippen LogP contribution in [0.5, 0.6) is 0 Å². The molecule has 4 rings (SSSR count). The number of sulfone groups is 1. The number of nitrogens with one attached hydrogen (secondary N) is 2. The Bertz CT molecular complexity index is 1390. The van der Waals surface area contributed by atoms with Crippen LogP contribution in [0.15, 0.2) is 41.8 Å². The molecule has 1 aromatic heterocycles. The average molecular weight is 565 g/mol. The van der Waals surface area contributed by atoms with Gasteiger partial charge in [-0.1, -0.05) is 25.1 Å². The van der Waals surface area contributed by atoms with Gasteiger partial charge in [0.15, 0.2) is 15.0 Å². The van der Waals surface area contributed by atoms with E-state index < -0.39 is 45.6 Å². The average Bonchev–Trinajstić information content (AvgIpc) is 3.24. The number of hydrogen-bond donors (Lipinski definition) is 4. The molecule has 0 saturated carbocycles. The number of aryl methyl sites for hydroxylation is 1. The fraction of sp³-hybridized carbons (Fsp3) is 0.385. The number of fused-ring (bicyclic) bond motifs is 1. The van der Waals surface area contributed by atoms with Gasteiger partial charge in [-0.2, -0.15) is 0 Å². The molecule has 2 aromatic carbocycles. The highest BCUT2D eigenvalue weighted by atomic mass is 32.2. The first-order valence-corrected chi connectivity index (χ1v) is 14.9. The van der Waals surface area contributed by atoms with E-state index in [-0.39, 0.29) is 36.5 Å². The minimum absolute atomic E-state index is 0.0436. The molecule has 1 aliphatic rings. The van der Waals surface area contributed by atoms with Crippen LogP contribution >= 0.6 is 11.3 Å². The van der Waals surface area contributed by atoms with Gasteiger partial charge in [0.25, 0.3) is 0 Å². The third kappa shape index (κ3) is 7.34. The van der Waals surface area contributed by atoms with Crippen molar-refractivity contribution in [2.75, 3.05) is 18.0 Å². The topological polar surface area (TPSA) is 134 Å². The number of anilines is 1. The quantitative estimate of drug-likeness (QED) is 0.297. The van der Waals surface area contributed by atoms with Crippen molar-refractivity contribution < 1.29 is 27.1 Å². The Morgan fingerprint density at radius 1 is 1.21 bits per heavy atom. The number of nitrogens with zero attached hydrogens (tertiary/aromatic N) is 1. The van der Waals surface area contributed by atoms with Gasteiger partial charge in [-0.15, -0.1) is 11.3 Å². The maximum Gasteiger partial charge on any atom is 0.226 e. The molecule has 0 saturated heterocycles. The van der Waals surface area contributed by atoms with E-state index in [9.17, 15) is 27.1 Å². The van der Waals surface area contributed by atoms with Crippen molar-refractivity contribution in [2.45, 2.75) is 50.1 Å². The van der Waals surface area contributed by atoms with Crippen molar-refractivity contribution >= 4 is 32.2 Å². The van der Waals surface area contributed by atoms with Crippen LogP contribution in [0.1, 0.15) is 40.9 Å². The Morgan fingerprint density at radius 3 is 2.61 bits per heavy atom. The van der Waals surface area contributed by atoms with Crippen LogP contribution in [0.4, 0.5) is 13.9 Å². The van der Waals surface area contributed by atoms with Crippen LogP contribution in [-0.2, 0) is 39.6 Å². The van der Waals surface area contributed by atoms with Crippen molar-refractivity contribution in [1.29, 1.82) is 0 Å². The Kier molecular flexibility index (Phi) is 8.76. The number of aliphatic hydroxyl groups excluding tert-OH is 1. The van der Waals surface area contributed by atoms with Crippen molar-refractivity contribution in [2.24, 2.45) is 0 Å². The van der Waals surface area contributed by atoms with Gasteiger partial charge in [-0.25, -0.2) is 22.2 Å². The predicted octanol–water partition coefficient (Wildman–Crippen LogP) is 2.46. The van der Waals surface area contributed by atoms with Crippen LogP contribution < -0.4 is 16.4 Å². The smallest absolute Gasteiger partial charge is 0.226 e. The molecular weight excluding hydrogens is 534 g/mol. The minimum Gasteiger partial charge on any atom is -0.390 e. The summed E-state index contributed by atoms with van der Waals surface area (Å²) >= 11 is 1.19. The maximum atomic E-state index is 13.8. The van der Waals surface area contributed by atoms with Crippen LogP contribution in [0.3, 0.4) is 0 Å². The van der Waals surface area contributed by atoms with Crippen molar-refractivity contribution in [3.63, 3.8) is 0 Å². The summed E-state index contributed by atoms with van der Waals surface area (Å²) < 4.78 is 52.7. The Morgan fingerprint density at radius 2 is 1.95 bits per heavy atom. The van der Waals surface area contributed by atoms with E-state index in [1.807, 2.05) is 25.1 Å². The number of nitrogen functional groups attached to an aromatic ring is 1. The van der Waals surface area contributed by atoms with Gasteiger partial charge in [-0.3, -0.25) is 4.79 Å². The molecule has 2 heterocycles. The second kappa shape index (κ2) is 11.9. The highest BCUT2D eigenvalue weighted by molar-refractivity contribution is 7.90. The molecule has 0 spiro atoms. The number of halogens is 2. The number of benzene rings is 2. The summed E-state index contributed by atoms with van der Waals surface area (Å²) in [6.45, 7) is 1.94. The third-order valence-electron chi connectivity index (χ3n) is 6.46. The molecule has 3 atom stereocenters. The highest BCUT2D eigenvalue weighted by Gasteiger charge is 2.31. The van der Waals surface area contributed by atoms with Gasteiger partial charge in [0, 0.05) is 24.0 Å². The molecule has 38 heavy (non-hydrogen) atoms. The summed E-state index contributed by atoms with van der Waals surface area (Å²) in [7, 11) is -3.36. The van der Waals surface area contributed by atoms with Gasteiger partial charge in [0.05, 0.1) is 35.8 Å². The first-order valence-electron chi connectivity index (χ1n) is 12.2. The Hall–Kier alpha value is -2.93. The molecule has 5 N–H and O–H groups in total. The summed E-state index contributed by atoms with van der Waals surface area (Å²) in [5, 5.41) is 18.9. The Labute approximate surface area is 224 Å². The van der Waals surface area contributed by atoms with Crippen molar-refractivity contribution in [3.8, 4) is 0 Å². The van der Waals surface area contributed by atoms with Crippen molar-refractivity contribution in [3.05, 3.63) is 81.4 Å². The summed E-state index contributed by atoms with van der Waals surface area (Å²) in [5.41, 5.74) is 8.98. The molecular formula is C26H30F2N4O4S2. The SMILES string of the molecule is CCc1ccc2c(c1)[C@@H](NC[C@@H](O)[C@H](Cc1cc(F)cc(F)c1)NC(=O)Cc1csc(N)n1)CS(=O)(=O)C2. The molecule has 12 heteroatoms. The molecule has 204 valence electrons. The zero-order valence-corrected chi connectivity index (χ0v) is 22.4. The van der Waals surface area contributed by atoms with E-state index in [1.54, 1.807) is 5.38 Å². The summed E-state index contributed by atoms with van der Waals surface area (Å²) in [4.78, 5) is 16.8. The molecule has 3 aromatic rings. The van der Waals surface area contributed by atoms with Gasteiger partial charge >= 0.3 is 0 Å². The minimum atomic E-state index is -3.36. The number of aliphatic hydroxyl groups is 1. The second-order valence-electron chi connectivity index (χ2n) is 9.48. The van der Waals surface area contributed by atoms with Gasteiger partial charge < -0.3 is 21.5 Å². The first-order chi connectivity index (χ1) is 18.0. The van der Waals surface area contributed by atoms with Crippen LogP contribution in [-0.4, -0.2) is 48.9 Å². The number of carbonyl (C=O) groups excluding carboxylic acids is 1. The monoisotopic (exact) mass is 564 g/mol. The summed E-state index contributed by atoms with van der Waals surface area (Å²) in [5.74, 6) is -2.16. The van der Waals surface area contributed by atoms with E-state index in [2.05, 4.69) is 15.6 Å². The number of rotatable bonds is 10. The fourth-order valence-corrected chi connectivity index (χ4v) is 6.85. The fourth-order valence-electron chi connectivity index (χ4n) is 4.63. The lowest BCUT2D eigenvalue weighted by atomic mass is 9.97. The maximum absolute atomic E-state index is 13.8. The van der Waals surface area contributed by atoms with E-state index in [0.29, 0.717) is 16.4 Å².